The fraction of sp³-hybridized carbons (Fsp3) is 0.429. The quantitative estimate of drug-likeness (QED) is 0.850. The first kappa shape index (κ1) is 13.4. The fourth-order valence-electron chi connectivity index (χ4n) is 2.29. The highest BCUT2D eigenvalue weighted by atomic mass is 16.2. The molecule has 1 unspecified atom stereocenters. The molecule has 1 atom stereocenters. The number of urea groups is 1. The minimum atomic E-state index is -0.405. The zero-order valence-corrected chi connectivity index (χ0v) is 11.2. The standard InChI is InChI=1S/C14H19N3O2/c1-10(2)12-13(18)15-8-9-17(12)14(19)16-11-6-4-3-5-7-11/h3-7,10,12H,8-9H2,1-2H3,(H,15,18)(H,16,19). The number of hydrogen-bond acceptors (Lipinski definition) is 2. The van der Waals surface area contributed by atoms with E-state index in [1.165, 1.54) is 0 Å². The van der Waals surface area contributed by atoms with Gasteiger partial charge in [0.15, 0.2) is 0 Å². The summed E-state index contributed by atoms with van der Waals surface area (Å²) in [7, 11) is 0. The largest absolute Gasteiger partial charge is 0.353 e. The molecule has 2 rings (SSSR count). The van der Waals surface area contributed by atoms with Crippen molar-refractivity contribution in [3.05, 3.63) is 30.3 Å². The Kier molecular flexibility index (Phi) is 4.04. The van der Waals surface area contributed by atoms with Gasteiger partial charge in [-0.15, -0.1) is 0 Å². The van der Waals surface area contributed by atoms with Gasteiger partial charge in [0.2, 0.25) is 5.91 Å². The SMILES string of the molecule is CC(C)C1C(=O)NCCN1C(=O)Nc1ccccc1. The van der Waals surface area contributed by atoms with E-state index in [2.05, 4.69) is 10.6 Å². The van der Waals surface area contributed by atoms with E-state index in [0.29, 0.717) is 13.1 Å². The molecule has 1 fully saturated rings. The Morgan fingerprint density at radius 2 is 2.05 bits per heavy atom. The van der Waals surface area contributed by atoms with Crippen molar-refractivity contribution in [3.8, 4) is 0 Å². The first-order valence-electron chi connectivity index (χ1n) is 6.50. The van der Waals surface area contributed by atoms with Crippen LogP contribution in [-0.2, 0) is 4.79 Å². The van der Waals surface area contributed by atoms with E-state index < -0.39 is 6.04 Å². The minimum absolute atomic E-state index is 0.0792. The number of hydrogen-bond donors (Lipinski definition) is 2. The number of rotatable bonds is 2. The van der Waals surface area contributed by atoms with Crippen LogP contribution in [0.5, 0.6) is 0 Å². The number of amides is 3. The van der Waals surface area contributed by atoms with Gasteiger partial charge in [0.1, 0.15) is 6.04 Å². The summed E-state index contributed by atoms with van der Waals surface area (Å²) < 4.78 is 0. The molecule has 0 bridgehead atoms. The Morgan fingerprint density at radius 3 is 2.68 bits per heavy atom. The average molecular weight is 261 g/mol. The van der Waals surface area contributed by atoms with Crippen LogP contribution in [0.3, 0.4) is 0 Å². The molecule has 1 aliphatic rings. The summed E-state index contributed by atoms with van der Waals surface area (Å²) in [4.78, 5) is 25.7. The van der Waals surface area contributed by atoms with E-state index in [9.17, 15) is 9.59 Å². The first-order valence-corrected chi connectivity index (χ1v) is 6.50. The van der Waals surface area contributed by atoms with Crippen LogP contribution in [0.4, 0.5) is 10.5 Å². The van der Waals surface area contributed by atoms with Crippen LogP contribution in [0.15, 0.2) is 30.3 Å². The summed E-state index contributed by atoms with van der Waals surface area (Å²) in [5.74, 6) is 0.00582. The smallest absolute Gasteiger partial charge is 0.322 e. The number of para-hydroxylation sites is 1. The fourth-order valence-corrected chi connectivity index (χ4v) is 2.29. The molecule has 0 radical (unpaired) electrons. The zero-order chi connectivity index (χ0) is 13.8. The van der Waals surface area contributed by atoms with Crippen LogP contribution in [0.2, 0.25) is 0 Å². The molecular formula is C14H19N3O2. The molecule has 5 nitrogen and oxygen atoms in total. The lowest BCUT2D eigenvalue weighted by Gasteiger charge is -2.37. The molecule has 1 aliphatic heterocycles. The third-order valence-electron chi connectivity index (χ3n) is 3.17. The summed E-state index contributed by atoms with van der Waals surface area (Å²) in [6, 6.07) is 8.63. The van der Waals surface area contributed by atoms with Crippen molar-refractivity contribution in [2.75, 3.05) is 18.4 Å². The Balaban J connectivity index is 2.10. The summed E-state index contributed by atoms with van der Waals surface area (Å²) in [5, 5.41) is 5.63. The Hall–Kier alpha value is -2.04. The summed E-state index contributed by atoms with van der Waals surface area (Å²) in [5.41, 5.74) is 0.737. The molecule has 0 spiro atoms. The second kappa shape index (κ2) is 5.73. The maximum Gasteiger partial charge on any atom is 0.322 e. The van der Waals surface area contributed by atoms with E-state index in [-0.39, 0.29) is 17.9 Å². The molecule has 1 heterocycles. The molecule has 2 N–H and O–H groups in total. The van der Waals surface area contributed by atoms with E-state index >= 15 is 0 Å². The van der Waals surface area contributed by atoms with Crippen molar-refractivity contribution in [2.45, 2.75) is 19.9 Å². The van der Waals surface area contributed by atoms with Crippen LogP contribution in [0, 0.1) is 5.92 Å². The molecule has 3 amide bonds. The third kappa shape index (κ3) is 3.05. The molecule has 0 saturated carbocycles. The molecule has 1 aromatic carbocycles. The Bertz CT molecular complexity index is 459. The highest BCUT2D eigenvalue weighted by molar-refractivity contribution is 5.94. The summed E-state index contributed by atoms with van der Waals surface area (Å²) in [6.45, 7) is 4.92. The maximum atomic E-state index is 12.3. The van der Waals surface area contributed by atoms with Gasteiger partial charge in [-0.1, -0.05) is 32.0 Å². The molecule has 19 heavy (non-hydrogen) atoms. The van der Waals surface area contributed by atoms with Gasteiger partial charge in [-0.3, -0.25) is 4.79 Å². The van der Waals surface area contributed by atoms with Crippen molar-refractivity contribution in [1.82, 2.24) is 10.2 Å². The molecule has 1 aromatic rings. The van der Waals surface area contributed by atoms with E-state index in [1.807, 2.05) is 44.2 Å². The monoisotopic (exact) mass is 261 g/mol. The lowest BCUT2D eigenvalue weighted by molar-refractivity contribution is -0.129. The number of carbonyl (C=O) groups is 2. The van der Waals surface area contributed by atoms with Crippen LogP contribution < -0.4 is 10.6 Å². The predicted octanol–water partition coefficient (Wildman–Crippen LogP) is 1.67. The second-order valence-corrected chi connectivity index (χ2v) is 4.97. The minimum Gasteiger partial charge on any atom is -0.353 e. The van der Waals surface area contributed by atoms with Gasteiger partial charge >= 0.3 is 6.03 Å². The van der Waals surface area contributed by atoms with Gasteiger partial charge in [-0.25, -0.2) is 4.79 Å². The van der Waals surface area contributed by atoms with Crippen molar-refractivity contribution in [3.63, 3.8) is 0 Å². The van der Waals surface area contributed by atoms with Gasteiger partial charge in [0.05, 0.1) is 0 Å². The molecule has 1 saturated heterocycles. The van der Waals surface area contributed by atoms with Crippen LogP contribution in [-0.4, -0.2) is 36.0 Å². The van der Waals surface area contributed by atoms with Crippen LogP contribution in [0.25, 0.3) is 0 Å². The topological polar surface area (TPSA) is 61.4 Å². The number of anilines is 1. The molecule has 0 aromatic heterocycles. The zero-order valence-electron chi connectivity index (χ0n) is 11.2. The van der Waals surface area contributed by atoms with Crippen molar-refractivity contribution in [1.29, 1.82) is 0 Å². The van der Waals surface area contributed by atoms with Gasteiger partial charge in [0.25, 0.3) is 0 Å². The molecule has 0 aliphatic carbocycles. The third-order valence-corrected chi connectivity index (χ3v) is 3.17. The number of carbonyl (C=O) groups excluding carboxylic acids is 2. The summed E-state index contributed by atoms with van der Waals surface area (Å²) in [6.07, 6.45) is 0. The number of piperazine rings is 1. The van der Waals surface area contributed by atoms with Crippen molar-refractivity contribution in [2.24, 2.45) is 5.92 Å². The number of nitrogens with one attached hydrogen (secondary N) is 2. The Labute approximate surface area is 113 Å². The van der Waals surface area contributed by atoms with Crippen LogP contribution in [0.1, 0.15) is 13.8 Å². The second-order valence-electron chi connectivity index (χ2n) is 4.97. The highest BCUT2D eigenvalue weighted by Gasteiger charge is 2.35. The van der Waals surface area contributed by atoms with Gasteiger partial charge in [-0.2, -0.15) is 0 Å². The van der Waals surface area contributed by atoms with Crippen molar-refractivity contribution < 1.29 is 9.59 Å². The lowest BCUT2D eigenvalue weighted by atomic mass is 10.00. The van der Waals surface area contributed by atoms with Crippen molar-refractivity contribution >= 4 is 17.6 Å². The first-order chi connectivity index (χ1) is 9.09. The molecular weight excluding hydrogens is 242 g/mol. The maximum absolute atomic E-state index is 12.3. The van der Waals surface area contributed by atoms with Gasteiger partial charge < -0.3 is 15.5 Å². The normalized spacial score (nSPS) is 19.2. The molecule has 5 heteroatoms. The molecule has 102 valence electrons. The summed E-state index contributed by atoms with van der Waals surface area (Å²) >= 11 is 0. The number of benzene rings is 1. The van der Waals surface area contributed by atoms with Gasteiger partial charge in [-0.05, 0) is 18.1 Å². The van der Waals surface area contributed by atoms with E-state index in [1.54, 1.807) is 4.90 Å². The Morgan fingerprint density at radius 1 is 1.37 bits per heavy atom. The number of nitrogens with zero attached hydrogens (tertiary/aromatic N) is 1. The average Bonchev–Trinajstić information content (AvgIpc) is 2.39. The van der Waals surface area contributed by atoms with E-state index in [4.69, 9.17) is 0 Å². The van der Waals surface area contributed by atoms with E-state index in [0.717, 1.165) is 5.69 Å². The van der Waals surface area contributed by atoms with Crippen LogP contribution >= 0.6 is 0 Å². The lowest BCUT2D eigenvalue weighted by Crippen LogP contribution is -2.60. The highest BCUT2D eigenvalue weighted by Crippen LogP contribution is 2.16. The predicted molar refractivity (Wildman–Crippen MR) is 73.8 cm³/mol. The van der Waals surface area contributed by atoms with Gasteiger partial charge in [0, 0.05) is 18.8 Å².